The van der Waals surface area contributed by atoms with Crippen LogP contribution in [0, 0.1) is 5.92 Å². The molecule has 0 spiro atoms. The lowest BCUT2D eigenvalue weighted by atomic mass is 9.83. The highest BCUT2D eigenvalue weighted by atomic mass is 16.5. The maximum absolute atomic E-state index is 5.73. The van der Waals surface area contributed by atoms with E-state index < -0.39 is 0 Å². The van der Waals surface area contributed by atoms with Gasteiger partial charge in [0, 0.05) is 12.6 Å². The second-order valence-electron chi connectivity index (χ2n) is 6.57. The van der Waals surface area contributed by atoms with Crippen molar-refractivity contribution >= 4 is 0 Å². The smallest absolute Gasteiger partial charge is 0.0576 e. The Balaban J connectivity index is 1.67. The van der Waals surface area contributed by atoms with Crippen molar-refractivity contribution < 1.29 is 4.74 Å². The predicted octanol–water partition coefficient (Wildman–Crippen LogP) is 4.28. The predicted molar refractivity (Wildman–Crippen MR) is 81.5 cm³/mol. The van der Waals surface area contributed by atoms with Crippen LogP contribution in [0.3, 0.4) is 0 Å². The third-order valence-electron chi connectivity index (χ3n) is 5.15. The van der Waals surface area contributed by atoms with Crippen molar-refractivity contribution in [1.29, 1.82) is 0 Å². The molecule has 19 heavy (non-hydrogen) atoms. The third kappa shape index (κ3) is 5.43. The van der Waals surface area contributed by atoms with Gasteiger partial charge in [0.05, 0.1) is 6.10 Å². The molecule has 2 heteroatoms. The molecule has 1 heterocycles. The van der Waals surface area contributed by atoms with Gasteiger partial charge in [-0.05, 0) is 57.9 Å². The van der Waals surface area contributed by atoms with Crippen molar-refractivity contribution in [3.63, 3.8) is 0 Å². The molecule has 2 nitrogen and oxygen atoms in total. The molecule has 2 aliphatic rings. The van der Waals surface area contributed by atoms with Gasteiger partial charge in [-0.1, -0.05) is 32.1 Å². The maximum Gasteiger partial charge on any atom is 0.0576 e. The minimum atomic E-state index is 0.579. The number of hydrogen-bond donors (Lipinski definition) is 1. The van der Waals surface area contributed by atoms with Gasteiger partial charge in [0.15, 0.2) is 0 Å². The Morgan fingerprint density at radius 2 is 1.74 bits per heavy atom. The van der Waals surface area contributed by atoms with Crippen LogP contribution in [0.5, 0.6) is 0 Å². The molecular weight excluding hydrogens is 234 g/mol. The zero-order chi connectivity index (χ0) is 13.3. The molecule has 1 saturated carbocycles. The summed E-state index contributed by atoms with van der Waals surface area (Å²) in [6.45, 7) is 1.00. The summed E-state index contributed by atoms with van der Waals surface area (Å²) in [6, 6.07) is 0.750. The van der Waals surface area contributed by atoms with Crippen LogP contribution in [-0.2, 0) is 4.74 Å². The molecule has 1 aliphatic heterocycles. The van der Waals surface area contributed by atoms with E-state index in [2.05, 4.69) is 12.4 Å². The number of rotatable bonds is 6. The van der Waals surface area contributed by atoms with Gasteiger partial charge in [0.25, 0.3) is 0 Å². The van der Waals surface area contributed by atoms with Crippen LogP contribution in [0.4, 0.5) is 0 Å². The van der Waals surface area contributed by atoms with Crippen molar-refractivity contribution in [2.24, 2.45) is 5.92 Å². The lowest BCUT2D eigenvalue weighted by molar-refractivity contribution is 0.100. The molecular formula is C17H33NO. The van der Waals surface area contributed by atoms with Gasteiger partial charge in [-0.15, -0.1) is 0 Å². The van der Waals surface area contributed by atoms with Crippen LogP contribution >= 0.6 is 0 Å². The zero-order valence-corrected chi connectivity index (χ0v) is 12.8. The van der Waals surface area contributed by atoms with E-state index in [0.29, 0.717) is 6.10 Å². The quantitative estimate of drug-likeness (QED) is 0.775. The van der Waals surface area contributed by atoms with Crippen molar-refractivity contribution in [1.82, 2.24) is 5.32 Å². The highest BCUT2D eigenvalue weighted by molar-refractivity contribution is 4.77. The molecule has 1 aliphatic carbocycles. The Hall–Kier alpha value is -0.0800. The van der Waals surface area contributed by atoms with Crippen LogP contribution in [0.25, 0.3) is 0 Å². The second kappa shape index (κ2) is 8.97. The van der Waals surface area contributed by atoms with Crippen LogP contribution in [0.2, 0.25) is 0 Å². The van der Waals surface area contributed by atoms with Crippen molar-refractivity contribution in [2.45, 2.75) is 89.2 Å². The molecule has 0 bridgehead atoms. The average molecular weight is 267 g/mol. The van der Waals surface area contributed by atoms with Crippen LogP contribution in [-0.4, -0.2) is 25.8 Å². The molecule has 2 unspecified atom stereocenters. The topological polar surface area (TPSA) is 21.3 Å². The van der Waals surface area contributed by atoms with E-state index in [9.17, 15) is 0 Å². The van der Waals surface area contributed by atoms with Gasteiger partial charge in [0.1, 0.15) is 0 Å². The summed E-state index contributed by atoms with van der Waals surface area (Å²) in [7, 11) is 2.16. The fourth-order valence-electron chi connectivity index (χ4n) is 3.94. The number of nitrogens with one attached hydrogen (secondary N) is 1. The highest BCUT2D eigenvalue weighted by Gasteiger charge is 2.21. The summed E-state index contributed by atoms with van der Waals surface area (Å²) in [4.78, 5) is 0. The Labute approximate surface area is 119 Å². The molecule has 0 aromatic rings. The molecule has 0 radical (unpaired) electrons. The third-order valence-corrected chi connectivity index (χ3v) is 5.15. The minimum absolute atomic E-state index is 0.579. The summed E-state index contributed by atoms with van der Waals surface area (Å²) in [6.07, 6.45) is 17.3. The average Bonchev–Trinajstić information content (AvgIpc) is 2.88. The van der Waals surface area contributed by atoms with Crippen LogP contribution in [0.15, 0.2) is 0 Å². The molecule has 2 fully saturated rings. The Morgan fingerprint density at radius 3 is 2.37 bits per heavy atom. The maximum atomic E-state index is 5.73. The molecule has 0 amide bonds. The van der Waals surface area contributed by atoms with E-state index in [1.54, 1.807) is 0 Å². The Bertz CT molecular complexity index is 217. The minimum Gasteiger partial charge on any atom is -0.378 e. The fourth-order valence-corrected chi connectivity index (χ4v) is 3.94. The molecule has 2 atom stereocenters. The first-order valence-corrected chi connectivity index (χ1v) is 8.69. The second-order valence-corrected chi connectivity index (χ2v) is 6.57. The monoisotopic (exact) mass is 267 g/mol. The first-order chi connectivity index (χ1) is 9.40. The summed E-state index contributed by atoms with van der Waals surface area (Å²) in [5, 5.41) is 3.60. The van der Waals surface area contributed by atoms with E-state index in [1.807, 2.05) is 0 Å². The zero-order valence-electron chi connectivity index (χ0n) is 12.8. The first-order valence-electron chi connectivity index (χ1n) is 8.69. The molecule has 0 aromatic carbocycles. The van der Waals surface area contributed by atoms with Crippen LogP contribution in [0.1, 0.15) is 77.0 Å². The molecule has 0 aromatic heterocycles. The normalized spacial score (nSPS) is 27.9. The summed E-state index contributed by atoms with van der Waals surface area (Å²) in [5.74, 6) is 0.926. The van der Waals surface area contributed by atoms with Gasteiger partial charge in [-0.25, -0.2) is 0 Å². The Kier molecular flexibility index (Phi) is 7.23. The van der Waals surface area contributed by atoms with E-state index in [-0.39, 0.29) is 0 Å². The molecule has 1 saturated heterocycles. The van der Waals surface area contributed by atoms with Crippen molar-refractivity contribution in [3.8, 4) is 0 Å². The van der Waals surface area contributed by atoms with Gasteiger partial charge in [-0.3, -0.25) is 0 Å². The fraction of sp³-hybridized carbons (Fsp3) is 1.00. The van der Waals surface area contributed by atoms with Crippen molar-refractivity contribution in [3.05, 3.63) is 0 Å². The van der Waals surface area contributed by atoms with Gasteiger partial charge in [-0.2, -0.15) is 0 Å². The summed E-state index contributed by atoms with van der Waals surface area (Å²) in [5.41, 5.74) is 0. The lowest BCUT2D eigenvalue weighted by Gasteiger charge is -2.29. The number of ether oxygens (including phenoxy) is 1. The first kappa shape index (κ1) is 15.3. The van der Waals surface area contributed by atoms with E-state index >= 15 is 0 Å². The Morgan fingerprint density at radius 1 is 1.00 bits per heavy atom. The van der Waals surface area contributed by atoms with Gasteiger partial charge < -0.3 is 10.1 Å². The molecule has 2 rings (SSSR count). The molecule has 1 N–H and O–H groups in total. The highest BCUT2D eigenvalue weighted by Crippen LogP contribution is 2.27. The van der Waals surface area contributed by atoms with Gasteiger partial charge in [0.2, 0.25) is 0 Å². The SMILES string of the molecule is CNC(CCCC1CCCO1)C1CCCCCCC1. The number of hydrogen-bond acceptors (Lipinski definition) is 2. The van der Waals surface area contributed by atoms with E-state index in [0.717, 1.165) is 18.6 Å². The lowest BCUT2D eigenvalue weighted by Crippen LogP contribution is -2.34. The summed E-state index contributed by atoms with van der Waals surface area (Å²) >= 11 is 0. The molecule has 112 valence electrons. The van der Waals surface area contributed by atoms with E-state index in [4.69, 9.17) is 4.74 Å². The van der Waals surface area contributed by atoms with Gasteiger partial charge >= 0.3 is 0 Å². The van der Waals surface area contributed by atoms with Crippen LogP contribution < -0.4 is 5.32 Å². The largest absolute Gasteiger partial charge is 0.378 e. The van der Waals surface area contributed by atoms with Crippen molar-refractivity contribution in [2.75, 3.05) is 13.7 Å². The summed E-state index contributed by atoms with van der Waals surface area (Å²) < 4.78 is 5.73. The standard InChI is InChI=1S/C17H33NO/c1-18-17(13-7-11-16-12-8-14-19-16)15-9-5-3-2-4-6-10-15/h15-18H,2-14H2,1H3. The van der Waals surface area contributed by atoms with E-state index in [1.165, 1.54) is 77.0 Å².